The fourth-order valence-corrected chi connectivity index (χ4v) is 2.62. The minimum absolute atomic E-state index is 0.570. The number of hydrogen-bond donors (Lipinski definition) is 2. The molecule has 4 nitrogen and oxygen atoms in total. The molecule has 0 spiro atoms. The maximum absolute atomic E-state index is 5.79. The molecule has 0 aliphatic carbocycles. The van der Waals surface area contributed by atoms with Crippen LogP contribution in [-0.2, 0) is 0 Å². The van der Waals surface area contributed by atoms with Gasteiger partial charge < -0.3 is 11.5 Å². The highest BCUT2D eigenvalue weighted by molar-refractivity contribution is 4.82. The van der Waals surface area contributed by atoms with Crippen molar-refractivity contribution in [1.82, 2.24) is 9.80 Å². The molecule has 4 heteroatoms. The minimum Gasteiger partial charge on any atom is -0.329 e. The molecule has 1 heterocycles. The van der Waals surface area contributed by atoms with E-state index in [1.54, 1.807) is 0 Å². The minimum atomic E-state index is 0.570. The maximum atomic E-state index is 5.79. The lowest BCUT2D eigenvalue weighted by Crippen LogP contribution is -2.55. The van der Waals surface area contributed by atoms with E-state index in [0.717, 1.165) is 52.1 Å². The number of hydrogen-bond acceptors (Lipinski definition) is 4. The third kappa shape index (κ3) is 3.42. The molecule has 0 saturated carbocycles. The van der Waals surface area contributed by atoms with Crippen molar-refractivity contribution in [3.05, 3.63) is 0 Å². The third-order valence-electron chi connectivity index (χ3n) is 3.87. The van der Waals surface area contributed by atoms with Gasteiger partial charge in [0.15, 0.2) is 0 Å². The third-order valence-corrected chi connectivity index (χ3v) is 3.87. The van der Waals surface area contributed by atoms with Crippen molar-refractivity contribution in [1.29, 1.82) is 0 Å². The van der Waals surface area contributed by atoms with E-state index in [9.17, 15) is 0 Å². The van der Waals surface area contributed by atoms with Crippen LogP contribution in [0, 0.1) is 0 Å². The highest BCUT2D eigenvalue weighted by Crippen LogP contribution is 2.11. The van der Waals surface area contributed by atoms with Gasteiger partial charge in [0.25, 0.3) is 0 Å². The first-order valence-electron chi connectivity index (χ1n) is 6.65. The molecule has 0 aromatic heterocycles. The molecule has 1 rings (SSSR count). The second-order valence-corrected chi connectivity index (χ2v) is 4.67. The summed E-state index contributed by atoms with van der Waals surface area (Å²) in [7, 11) is 0. The Kier molecular flexibility index (Phi) is 6.28. The number of nitrogens with zero attached hydrogens (tertiary/aromatic N) is 2. The van der Waals surface area contributed by atoms with Crippen molar-refractivity contribution in [2.24, 2.45) is 11.5 Å². The Hall–Kier alpha value is -0.160. The summed E-state index contributed by atoms with van der Waals surface area (Å²) in [5, 5.41) is 0. The molecule has 4 N–H and O–H groups in total. The second kappa shape index (κ2) is 7.22. The Labute approximate surface area is 99.9 Å². The van der Waals surface area contributed by atoms with E-state index < -0.39 is 0 Å². The zero-order valence-corrected chi connectivity index (χ0v) is 10.9. The van der Waals surface area contributed by atoms with Gasteiger partial charge in [0.1, 0.15) is 0 Å². The molecule has 0 radical (unpaired) electrons. The smallest absolute Gasteiger partial charge is 0.0216 e. The average Bonchev–Trinajstić information content (AvgIpc) is 2.34. The molecule has 0 amide bonds. The number of nitrogens with two attached hydrogens (primary N) is 2. The highest BCUT2D eigenvalue weighted by atomic mass is 15.3. The van der Waals surface area contributed by atoms with Gasteiger partial charge in [0.05, 0.1) is 0 Å². The lowest BCUT2D eigenvalue weighted by molar-refractivity contribution is 0.0705. The normalized spacial score (nSPS) is 23.2. The SMILES string of the molecule is CCC(CN)N1CCN(C(CC)CN)CC1. The first kappa shape index (κ1) is 13.9. The molecule has 2 atom stereocenters. The largest absolute Gasteiger partial charge is 0.329 e. The molecular weight excluding hydrogens is 200 g/mol. The van der Waals surface area contributed by atoms with Crippen LogP contribution in [0.2, 0.25) is 0 Å². The zero-order valence-electron chi connectivity index (χ0n) is 10.9. The van der Waals surface area contributed by atoms with Crippen molar-refractivity contribution in [3.63, 3.8) is 0 Å². The highest BCUT2D eigenvalue weighted by Gasteiger charge is 2.24. The zero-order chi connectivity index (χ0) is 12.0. The molecule has 96 valence electrons. The van der Waals surface area contributed by atoms with Gasteiger partial charge in [-0.15, -0.1) is 0 Å². The van der Waals surface area contributed by atoms with Gasteiger partial charge in [-0.3, -0.25) is 9.80 Å². The summed E-state index contributed by atoms with van der Waals surface area (Å²) in [6.45, 7) is 10.6. The Morgan fingerprint density at radius 2 is 1.12 bits per heavy atom. The molecule has 0 aromatic rings. The maximum Gasteiger partial charge on any atom is 0.0216 e. The standard InChI is InChI=1S/C12H28N4/c1-3-11(9-13)15-5-7-16(8-6-15)12(4-2)10-14/h11-12H,3-10,13-14H2,1-2H3. The first-order chi connectivity index (χ1) is 7.76. The van der Waals surface area contributed by atoms with E-state index in [1.165, 1.54) is 0 Å². The monoisotopic (exact) mass is 228 g/mol. The predicted molar refractivity (Wildman–Crippen MR) is 69.4 cm³/mol. The van der Waals surface area contributed by atoms with Crippen LogP contribution in [0.1, 0.15) is 26.7 Å². The van der Waals surface area contributed by atoms with Crippen molar-refractivity contribution in [2.75, 3.05) is 39.3 Å². The topological polar surface area (TPSA) is 58.5 Å². The first-order valence-corrected chi connectivity index (χ1v) is 6.65. The van der Waals surface area contributed by atoms with Crippen LogP contribution in [0.15, 0.2) is 0 Å². The van der Waals surface area contributed by atoms with Gasteiger partial charge in [-0.1, -0.05) is 13.8 Å². The van der Waals surface area contributed by atoms with Crippen LogP contribution in [0.4, 0.5) is 0 Å². The molecule has 1 saturated heterocycles. The van der Waals surface area contributed by atoms with E-state index in [0.29, 0.717) is 12.1 Å². The van der Waals surface area contributed by atoms with Gasteiger partial charge >= 0.3 is 0 Å². The van der Waals surface area contributed by atoms with E-state index >= 15 is 0 Å². The van der Waals surface area contributed by atoms with Gasteiger partial charge in [-0.2, -0.15) is 0 Å². The van der Waals surface area contributed by atoms with E-state index in [-0.39, 0.29) is 0 Å². The molecule has 1 aliphatic rings. The van der Waals surface area contributed by atoms with E-state index in [1.807, 2.05) is 0 Å². The van der Waals surface area contributed by atoms with Crippen LogP contribution in [0.5, 0.6) is 0 Å². The van der Waals surface area contributed by atoms with Gasteiger partial charge in [0, 0.05) is 51.4 Å². The second-order valence-electron chi connectivity index (χ2n) is 4.67. The van der Waals surface area contributed by atoms with Gasteiger partial charge in [0.2, 0.25) is 0 Å². The van der Waals surface area contributed by atoms with Crippen molar-refractivity contribution < 1.29 is 0 Å². The van der Waals surface area contributed by atoms with Gasteiger partial charge in [-0.05, 0) is 12.8 Å². The molecular formula is C12H28N4. The average molecular weight is 228 g/mol. The predicted octanol–water partition coefficient (Wildman–Crippen LogP) is 0.0786. The fraction of sp³-hybridized carbons (Fsp3) is 1.00. The quantitative estimate of drug-likeness (QED) is 0.676. The van der Waals surface area contributed by atoms with Crippen LogP contribution < -0.4 is 11.5 Å². The molecule has 1 fully saturated rings. The van der Waals surface area contributed by atoms with Crippen LogP contribution in [-0.4, -0.2) is 61.2 Å². The summed E-state index contributed by atoms with van der Waals surface area (Å²) in [6, 6.07) is 1.14. The van der Waals surface area contributed by atoms with Gasteiger partial charge in [-0.25, -0.2) is 0 Å². The number of piperazine rings is 1. The summed E-state index contributed by atoms with van der Waals surface area (Å²) >= 11 is 0. The summed E-state index contributed by atoms with van der Waals surface area (Å²) in [5.74, 6) is 0. The summed E-state index contributed by atoms with van der Waals surface area (Å²) in [5.41, 5.74) is 11.6. The van der Waals surface area contributed by atoms with E-state index in [4.69, 9.17) is 11.5 Å². The lowest BCUT2D eigenvalue weighted by atomic mass is 10.1. The number of rotatable bonds is 6. The molecule has 1 aliphatic heterocycles. The molecule has 16 heavy (non-hydrogen) atoms. The van der Waals surface area contributed by atoms with Crippen LogP contribution in [0.25, 0.3) is 0 Å². The molecule has 0 aromatic carbocycles. The van der Waals surface area contributed by atoms with Crippen molar-refractivity contribution in [2.45, 2.75) is 38.8 Å². The van der Waals surface area contributed by atoms with E-state index in [2.05, 4.69) is 23.6 Å². The van der Waals surface area contributed by atoms with Crippen molar-refractivity contribution >= 4 is 0 Å². The molecule has 2 unspecified atom stereocenters. The van der Waals surface area contributed by atoms with Crippen molar-refractivity contribution in [3.8, 4) is 0 Å². The van der Waals surface area contributed by atoms with Crippen LogP contribution >= 0.6 is 0 Å². The molecule has 0 bridgehead atoms. The Morgan fingerprint density at radius 1 is 0.812 bits per heavy atom. The Balaban J connectivity index is 2.38. The Morgan fingerprint density at radius 3 is 1.31 bits per heavy atom. The fourth-order valence-electron chi connectivity index (χ4n) is 2.62. The summed E-state index contributed by atoms with van der Waals surface area (Å²) < 4.78 is 0. The van der Waals surface area contributed by atoms with Crippen LogP contribution in [0.3, 0.4) is 0 Å². The summed E-state index contributed by atoms with van der Waals surface area (Å²) in [4.78, 5) is 5.06. The summed E-state index contributed by atoms with van der Waals surface area (Å²) in [6.07, 6.45) is 2.31. The lowest BCUT2D eigenvalue weighted by Gasteiger charge is -2.41. The Bertz CT molecular complexity index is 150.